The van der Waals surface area contributed by atoms with Crippen LogP contribution in [-0.4, -0.2) is 0 Å². The number of hydrogen-bond acceptors (Lipinski definition) is 1. The topological polar surface area (TPSA) is 3.24 Å². The van der Waals surface area contributed by atoms with Gasteiger partial charge < -0.3 is 4.90 Å². The van der Waals surface area contributed by atoms with Gasteiger partial charge in [-0.15, -0.1) is 0 Å². The van der Waals surface area contributed by atoms with Crippen molar-refractivity contribution >= 4 is 60.2 Å². The first-order valence-electron chi connectivity index (χ1n) is 23.8. The highest BCUT2D eigenvalue weighted by atomic mass is 19.1. The Morgan fingerprint density at radius 3 is 1.35 bits per heavy atom. The van der Waals surface area contributed by atoms with Crippen molar-refractivity contribution in [3.8, 4) is 55.6 Å². The minimum absolute atomic E-state index is 0.146. The minimum Gasteiger partial charge on any atom is -0.310 e. The number of halogens is 1. The van der Waals surface area contributed by atoms with Gasteiger partial charge in [-0.3, -0.25) is 0 Å². The summed E-state index contributed by atoms with van der Waals surface area (Å²) in [5, 5.41) is 9.90. The molecule has 1 nitrogen and oxygen atoms in total. The third kappa shape index (κ3) is 6.66. The highest BCUT2D eigenvalue weighted by Crippen LogP contribution is 2.51. The highest BCUT2D eigenvalue weighted by Gasteiger charge is 2.35. The van der Waals surface area contributed by atoms with E-state index in [0.717, 1.165) is 33.8 Å². The van der Waals surface area contributed by atoms with E-state index in [1.165, 1.54) is 105 Å². The monoisotopic (exact) mass is 883 g/mol. The summed E-state index contributed by atoms with van der Waals surface area (Å²) in [6.07, 6.45) is 0. The summed E-state index contributed by atoms with van der Waals surface area (Å²) in [6.45, 7) is 4.61. The van der Waals surface area contributed by atoms with Crippen LogP contribution in [0, 0.1) is 5.82 Å². The van der Waals surface area contributed by atoms with Gasteiger partial charge in [-0.25, -0.2) is 4.39 Å². The van der Waals surface area contributed by atoms with Crippen molar-refractivity contribution in [3.05, 3.63) is 260 Å². The summed E-state index contributed by atoms with van der Waals surface area (Å²) in [5.41, 5.74) is 17.6. The largest absolute Gasteiger partial charge is 0.310 e. The van der Waals surface area contributed by atoms with Crippen LogP contribution in [-0.2, 0) is 5.41 Å². The molecule has 0 heterocycles. The van der Waals surface area contributed by atoms with Crippen LogP contribution in [0.1, 0.15) is 25.0 Å². The third-order valence-electron chi connectivity index (χ3n) is 14.7. The fraction of sp³-hybridized carbons (Fsp3) is 0.0448. The summed E-state index contributed by atoms with van der Waals surface area (Å²) in [5.74, 6) is -0.254. The van der Waals surface area contributed by atoms with Gasteiger partial charge >= 0.3 is 0 Å². The van der Waals surface area contributed by atoms with Crippen LogP contribution >= 0.6 is 0 Å². The quantitative estimate of drug-likeness (QED) is 0.144. The molecule has 69 heavy (non-hydrogen) atoms. The molecule has 0 saturated heterocycles. The standard InChI is InChI=1S/C67H46FN/c1-67(2)63-24-10-9-19-55(63)56-40-38-52(42-64(56)67)69(51-36-32-49(68)33-37-51)50-34-29-44(30-35-50)43-25-27-45(28-26-43)48-31-39-61-62(41-48)66(58-23-12-16-47-14-4-6-18-54(47)58)60-21-8-7-20-59(60)65(61)57-22-11-15-46-13-3-5-17-53(46)57/h3-42H,1-2H3. The second kappa shape index (κ2) is 16.0. The molecule has 0 unspecified atom stereocenters. The molecule has 0 radical (unpaired) electrons. The first-order chi connectivity index (χ1) is 33.9. The van der Waals surface area contributed by atoms with E-state index in [1.807, 2.05) is 12.1 Å². The molecule has 13 rings (SSSR count). The van der Waals surface area contributed by atoms with Crippen molar-refractivity contribution in [2.75, 3.05) is 4.90 Å². The maximum Gasteiger partial charge on any atom is 0.123 e. The van der Waals surface area contributed by atoms with Gasteiger partial charge in [0.05, 0.1) is 0 Å². The average molecular weight is 884 g/mol. The molecule has 12 aromatic rings. The smallest absolute Gasteiger partial charge is 0.123 e. The number of hydrogen-bond donors (Lipinski definition) is 0. The second-order valence-corrected chi connectivity index (χ2v) is 18.9. The molecule has 0 saturated carbocycles. The molecule has 1 aliphatic rings. The van der Waals surface area contributed by atoms with E-state index in [0.29, 0.717) is 0 Å². The van der Waals surface area contributed by atoms with Crippen molar-refractivity contribution in [2.24, 2.45) is 0 Å². The predicted octanol–water partition coefficient (Wildman–Crippen LogP) is 18.9. The van der Waals surface area contributed by atoms with E-state index >= 15 is 0 Å². The van der Waals surface area contributed by atoms with E-state index in [2.05, 4.69) is 237 Å². The first-order valence-corrected chi connectivity index (χ1v) is 23.8. The van der Waals surface area contributed by atoms with Crippen molar-refractivity contribution in [3.63, 3.8) is 0 Å². The summed E-state index contributed by atoms with van der Waals surface area (Å²) in [6, 6.07) is 86.9. The summed E-state index contributed by atoms with van der Waals surface area (Å²) >= 11 is 0. The van der Waals surface area contributed by atoms with Gasteiger partial charge in [0, 0.05) is 22.5 Å². The van der Waals surface area contributed by atoms with Gasteiger partial charge in [0.15, 0.2) is 0 Å². The summed E-state index contributed by atoms with van der Waals surface area (Å²) in [7, 11) is 0. The van der Waals surface area contributed by atoms with Gasteiger partial charge in [-0.2, -0.15) is 0 Å². The van der Waals surface area contributed by atoms with Crippen molar-refractivity contribution in [1.82, 2.24) is 0 Å². The molecule has 0 amide bonds. The molecule has 0 N–H and O–H groups in total. The maximum atomic E-state index is 14.3. The van der Waals surface area contributed by atoms with Crippen LogP contribution < -0.4 is 4.90 Å². The first kappa shape index (κ1) is 40.7. The highest BCUT2D eigenvalue weighted by molar-refractivity contribution is 6.25. The Hall–Kier alpha value is -8.59. The molecule has 1 aliphatic carbocycles. The Balaban J connectivity index is 0.905. The average Bonchev–Trinajstić information content (AvgIpc) is 3.63. The zero-order valence-electron chi connectivity index (χ0n) is 38.4. The zero-order chi connectivity index (χ0) is 46.2. The fourth-order valence-electron chi connectivity index (χ4n) is 11.4. The SMILES string of the molecule is CC1(C)c2ccccc2-c2ccc(N(c3ccc(F)cc3)c3ccc(-c4ccc(-c5ccc6c(-c7cccc8ccccc78)c7ccccc7c(-c7cccc8ccccc78)c6c5)cc4)cc3)cc21. The van der Waals surface area contributed by atoms with E-state index in [1.54, 1.807) is 0 Å². The predicted molar refractivity (Wildman–Crippen MR) is 290 cm³/mol. The maximum absolute atomic E-state index is 14.3. The van der Waals surface area contributed by atoms with Crippen LogP contribution in [0.5, 0.6) is 0 Å². The molecule has 0 atom stereocenters. The number of fused-ring (bicyclic) bond motifs is 7. The van der Waals surface area contributed by atoms with Crippen molar-refractivity contribution < 1.29 is 4.39 Å². The number of benzene rings is 12. The fourth-order valence-corrected chi connectivity index (χ4v) is 11.4. The number of nitrogens with zero attached hydrogens (tertiary/aromatic N) is 1. The molecule has 0 aromatic heterocycles. The summed E-state index contributed by atoms with van der Waals surface area (Å²) in [4.78, 5) is 2.23. The molecule has 0 aliphatic heterocycles. The molecular weight excluding hydrogens is 838 g/mol. The minimum atomic E-state index is -0.254. The van der Waals surface area contributed by atoms with Crippen LogP contribution in [0.25, 0.3) is 98.7 Å². The second-order valence-electron chi connectivity index (χ2n) is 18.9. The molecule has 326 valence electrons. The van der Waals surface area contributed by atoms with Crippen LogP contribution in [0.2, 0.25) is 0 Å². The lowest BCUT2D eigenvalue weighted by molar-refractivity contribution is 0.628. The van der Waals surface area contributed by atoms with Crippen LogP contribution in [0.4, 0.5) is 21.5 Å². The van der Waals surface area contributed by atoms with E-state index < -0.39 is 0 Å². The Labute approximate surface area is 402 Å². The Morgan fingerprint density at radius 2 is 0.725 bits per heavy atom. The molecule has 2 heteroatoms. The van der Waals surface area contributed by atoms with Gasteiger partial charge in [0.1, 0.15) is 5.82 Å². The normalized spacial score (nSPS) is 12.7. The lowest BCUT2D eigenvalue weighted by Gasteiger charge is -2.28. The Kier molecular flexibility index (Phi) is 9.45. The lowest BCUT2D eigenvalue weighted by Crippen LogP contribution is -2.16. The van der Waals surface area contributed by atoms with E-state index in [-0.39, 0.29) is 11.2 Å². The van der Waals surface area contributed by atoms with Crippen LogP contribution in [0.15, 0.2) is 243 Å². The zero-order valence-corrected chi connectivity index (χ0v) is 38.4. The van der Waals surface area contributed by atoms with E-state index in [4.69, 9.17) is 0 Å². The Bertz CT molecular complexity index is 3970. The van der Waals surface area contributed by atoms with Crippen molar-refractivity contribution in [1.29, 1.82) is 0 Å². The molecular formula is C67H46FN. The molecule has 0 fully saturated rings. The number of rotatable bonds is 7. The Morgan fingerprint density at radius 1 is 0.304 bits per heavy atom. The van der Waals surface area contributed by atoms with Gasteiger partial charge in [0.25, 0.3) is 0 Å². The lowest BCUT2D eigenvalue weighted by atomic mass is 9.82. The van der Waals surface area contributed by atoms with Gasteiger partial charge in [-0.05, 0) is 164 Å². The molecule has 0 bridgehead atoms. The number of anilines is 3. The van der Waals surface area contributed by atoms with Crippen molar-refractivity contribution in [2.45, 2.75) is 19.3 Å². The third-order valence-corrected chi connectivity index (χ3v) is 14.7. The van der Waals surface area contributed by atoms with Gasteiger partial charge in [0.2, 0.25) is 0 Å². The summed E-state index contributed by atoms with van der Waals surface area (Å²) < 4.78 is 14.3. The molecule has 12 aromatic carbocycles. The molecule has 0 spiro atoms. The van der Waals surface area contributed by atoms with E-state index in [9.17, 15) is 4.39 Å². The van der Waals surface area contributed by atoms with Crippen LogP contribution in [0.3, 0.4) is 0 Å². The van der Waals surface area contributed by atoms with Gasteiger partial charge in [-0.1, -0.05) is 202 Å².